The van der Waals surface area contributed by atoms with Crippen LogP contribution in [0.25, 0.3) is 10.2 Å². The van der Waals surface area contributed by atoms with Gasteiger partial charge in [-0.15, -0.1) is 11.3 Å². The summed E-state index contributed by atoms with van der Waals surface area (Å²) in [7, 11) is 0. The molecule has 3 aliphatic rings. The fourth-order valence-electron chi connectivity index (χ4n) is 5.28. The molecule has 2 fully saturated rings. The van der Waals surface area contributed by atoms with E-state index in [1.807, 2.05) is 11.3 Å². The number of carbonyl (C=O) groups is 1. The minimum Gasteiger partial charge on any atom is -0.354 e. The minimum absolute atomic E-state index is 0.281. The molecule has 0 aromatic carbocycles. The van der Waals surface area contributed by atoms with Gasteiger partial charge in [-0.3, -0.25) is 4.79 Å². The number of nitrogens with zero attached hydrogens (tertiary/aromatic N) is 4. The van der Waals surface area contributed by atoms with Crippen molar-refractivity contribution in [2.45, 2.75) is 58.3 Å². The highest BCUT2D eigenvalue weighted by molar-refractivity contribution is 7.19. The fraction of sp³-hybridized carbons (Fsp3) is 0.682. The Balaban J connectivity index is 1.39. The second kappa shape index (κ2) is 7.62. The molecule has 150 valence electrons. The molecule has 5 rings (SSSR count). The second-order valence-electron chi connectivity index (χ2n) is 8.88. The van der Waals surface area contributed by atoms with Gasteiger partial charge in [-0.05, 0) is 50.0 Å². The number of amides is 1. The maximum Gasteiger partial charge on any atom is 0.225 e. The number of hydrogen-bond acceptors (Lipinski definition) is 5. The van der Waals surface area contributed by atoms with Gasteiger partial charge in [0.1, 0.15) is 17.0 Å². The van der Waals surface area contributed by atoms with Crippen LogP contribution >= 0.6 is 11.3 Å². The summed E-state index contributed by atoms with van der Waals surface area (Å²) >= 11 is 1.87. The van der Waals surface area contributed by atoms with Gasteiger partial charge in [0.05, 0.1) is 5.39 Å². The smallest absolute Gasteiger partial charge is 0.225 e. The SMILES string of the molecule is CC1CCc2c(sc3ncnc(N4CCCN(C(=O)C5CCCC5)CC4)c23)C1. The standard InChI is InChI=1S/C22H30N4OS/c1-15-7-8-17-18(13-15)28-21-19(17)20(23-14-24-21)25-9-4-10-26(12-11-25)22(27)16-5-2-3-6-16/h14-16H,2-13H2,1H3. The van der Waals surface area contributed by atoms with Crippen LogP contribution in [-0.2, 0) is 17.6 Å². The molecule has 0 bridgehead atoms. The topological polar surface area (TPSA) is 49.3 Å². The lowest BCUT2D eigenvalue weighted by Crippen LogP contribution is -2.38. The predicted molar refractivity (Wildman–Crippen MR) is 114 cm³/mol. The van der Waals surface area contributed by atoms with Crippen molar-refractivity contribution < 1.29 is 4.79 Å². The van der Waals surface area contributed by atoms with Crippen LogP contribution in [0.1, 0.15) is 55.9 Å². The Hall–Kier alpha value is -1.69. The predicted octanol–water partition coefficient (Wildman–Crippen LogP) is 4.05. The molecule has 2 aromatic heterocycles. The first-order chi connectivity index (χ1) is 13.7. The Labute approximate surface area is 171 Å². The van der Waals surface area contributed by atoms with E-state index in [1.54, 1.807) is 6.33 Å². The summed E-state index contributed by atoms with van der Waals surface area (Å²) in [5, 5.41) is 1.30. The summed E-state index contributed by atoms with van der Waals surface area (Å²) in [4.78, 5) is 29.4. The van der Waals surface area contributed by atoms with Gasteiger partial charge in [-0.1, -0.05) is 19.8 Å². The summed E-state index contributed by atoms with van der Waals surface area (Å²) in [6, 6.07) is 0. The molecule has 2 aliphatic carbocycles. The van der Waals surface area contributed by atoms with E-state index in [0.717, 1.165) is 68.4 Å². The van der Waals surface area contributed by atoms with Crippen molar-refractivity contribution in [1.29, 1.82) is 0 Å². The monoisotopic (exact) mass is 398 g/mol. The molecule has 1 amide bonds. The third-order valence-corrected chi connectivity index (χ3v) is 8.05. The van der Waals surface area contributed by atoms with E-state index in [-0.39, 0.29) is 5.92 Å². The molecule has 0 spiro atoms. The molecule has 6 heteroatoms. The first-order valence-corrected chi connectivity index (χ1v) is 11.8. The van der Waals surface area contributed by atoms with Crippen LogP contribution in [0.5, 0.6) is 0 Å². The quantitative estimate of drug-likeness (QED) is 0.766. The lowest BCUT2D eigenvalue weighted by atomic mass is 9.89. The summed E-state index contributed by atoms with van der Waals surface area (Å²) in [5.41, 5.74) is 1.50. The lowest BCUT2D eigenvalue weighted by molar-refractivity contribution is -0.135. The van der Waals surface area contributed by atoms with E-state index in [1.165, 1.54) is 41.5 Å². The van der Waals surface area contributed by atoms with Crippen molar-refractivity contribution >= 4 is 33.3 Å². The number of carbonyl (C=O) groups excluding carboxylic acids is 1. The summed E-state index contributed by atoms with van der Waals surface area (Å²) in [5.74, 6) is 2.55. The van der Waals surface area contributed by atoms with Gasteiger partial charge in [0.2, 0.25) is 5.91 Å². The van der Waals surface area contributed by atoms with Gasteiger partial charge in [0.25, 0.3) is 0 Å². The maximum absolute atomic E-state index is 12.9. The molecule has 1 saturated carbocycles. The van der Waals surface area contributed by atoms with Gasteiger partial charge in [-0.25, -0.2) is 9.97 Å². The van der Waals surface area contributed by atoms with Crippen molar-refractivity contribution in [2.24, 2.45) is 11.8 Å². The van der Waals surface area contributed by atoms with Crippen molar-refractivity contribution in [1.82, 2.24) is 14.9 Å². The van der Waals surface area contributed by atoms with Gasteiger partial charge < -0.3 is 9.80 Å². The van der Waals surface area contributed by atoms with Crippen molar-refractivity contribution in [2.75, 3.05) is 31.1 Å². The molecule has 5 nitrogen and oxygen atoms in total. The van der Waals surface area contributed by atoms with E-state index in [4.69, 9.17) is 4.98 Å². The Morgan fingerprint density at radius 1 is 1.07 bits per heavy atom. The van der Waals surface area contributed by atoms with Crippen LogP contribution in [0, 0.1) is 11.8 Å². The van der Waals surface area contributed by atoms with Crippen LogP contribution in [0.3, 0.4) is 0 Å². The minimum atomic E-state index is 0.281. The fourth-order valence-corrected chi connectivity index (χ4v) is 6.62. The van der Waals surface area contributed by atoms with Gasteiger partial charge in [0.15, 0.2) is 0 Å². The number of aryl methyl sites for hydroxylation is 1. The Bertz CT molecular complexity index is 873. The first-order valence-electron chi connectivity index (χ1n) is 11.0. The zero-order valence-corrected chi connectivity index (χ0v) is 17.6. The summed E-state index contributed by atoms with van der Waals surface area (Å²) in [6.45, 7) is 5.92. The first kappa shape index (κ1) is 18.3. The van der Waals surface area contributed by atoms with E-state index < -0.39 is 0 Å². The van der Waals surface area contributed by atoms with Crippen LogP contribution in [0.15, 0.2) is 6.33 Å². The molecule has 3 heterocycles. The number of thiophene rings is 1. The van der Waals surface area contributed by atoms with Crippen LogP contribution < -0.4 is 4.90 Å². The van der Waals surface area contributed by atoms with E-state index in [2.05, 4.69) is 21.7 Å². The highest BCUT2D eigenvalue weighted by Gasteiger charge is 2.30. The normalized spacial score (nSPS) is 23.8. The van der Waals surface area contributed by atoms with Gasteiger partial charge in [-0.2, -0.15) is 0 Å². The molecule has 1 saturated heterocycles. The lowest BCUT2D eigenvalue weighted by Gasteiger charge is -2.25. The molecular formula is C22H30N4OS. The molecular weight excluding hydrogens is 368 g/mol. The highest BCUT2D eigenvalue weighted by Crippen LogP contribution is 2.40. The van der Waals surface area contributed by atoms with Crippen LogP contribution in [0.2, 0.25) is 0 Å². The average molecular weight is 399 g/mol. The zero-order chi connectivity index (χ0) is 19.1. The molecule has 0 N–H and O–H groups in total. The van der Waals surface area contributed by atoms with Crippen molar-refractivity contribution in [3.05, 3.63) is 16.8 Å². The molecule has 1 unspecified atom stereocenters. The third-order valence-electron chi connectivity index (χ3n) is 6.88. The van der Waals surface area contributed by atoms with Gasteiger partial charge >= 0.3 is 0 Å². The number of aromatic nitrogens is 2. The Morgan fingerprint density at radius 2 is 1.93 bits per heavy atom. The number of rotatable bonds is 2. The molecule has 1 aliphatic heterocycles. The number of hydrogen-bond donors (Lipinski definition) is 0. The van der Waals surface area contributed by atoms with Crippen LogP contribution in [-0.4, -0.2) is 47.0 Å². The molecule has 2 aromatic rings. The Kier molecular flexibility index (Phi) is 4.99. The van der Waals surface area contributed by atoms with Crippen LogP contribution in [0.4, 0.5) is 5.82 Å². The molecule has 28 heavy (non-hydrogen) atoms. The highest BCUT2D eigenvalue weighted by atomic mass is 32.1. The van der Waals surface area contributed by atoms with Crippen molar-refractivity contribution in [3.63, 3.8) is 0 Å². The molecule has 0 radical (unpaired) electrons. The zero-order valence-electron chi connectivity index (χ0n) is 16.8. The third kappa shape index (κ3) is 3.30. The summed E-state index contributed by atoms with van der Waals surface area (Å²) < 4.78 is 0. The maximum atomic E-state index is 12.9. The average Bonchev–Trinajstić information content (AvgIpc) is 3.28. The van der Waals surface area contributed by atoms with E-state index in [0.29, 0.717) is 5.91 Å². The second-order valence-corrected chi connectivity index (χ2v) is 9.96. The van der Waals surface area contributed by atoms with E-state index >= 15 is 0 Å². The van der Waals surface area contributed by atoms with Crippen molar-refractivity contribution in [3.8, 4) is 0 Å². The number of anilines is 1. The molecule has 1 atom stereocenters. The number of fused-ring (bicyclic) bond motifs is 3. The van der Waals surface area contributed by atoms with Gasteiger partial charge in [0, 0.05) is 37.0 Å². The summed E-state index contributed by atoms with van der Waals surface area (Å²) in [6.07, 6.45) is 11.0. The van der Waals surface area contributed by atoms with E-state index in [9.17, 15) is 4.79 Å². The largest absolute Gasteiger partial charge is 0.354 e. The Morgan fingerprint density at radius 3 is 2.79 bits per heavy atom.